The Bertz CT molecular complexity index is 913. The number of hydrogen-bond donors (Lipinski definition) is 2. The molecule has 1 amide bonds. The molecule has 1 aromatic heterocycles. The normalized spacial score (nSPS) is 13.9. The maximum Gasteiger partial charge on any atom is 0.416 e. The summed E-state index contributed by atoms with van der Waals surface area (Å²) in [7, 11) is 0. The summed E-state index contributed by atoms with van der Waals surface area (Å²) in [6, 6.07) is -0.530. The van der Waals surface area contributed by atoms with Gasteiger partial charge in [0.25, 0.3) is 5.91 Å². The standard InChI is InChI=1S/C16H11ClF6N4O2/c1-7(11-12(13(17)27-29)25-3-2-24-11)26-14(28)8-4-9(15(18,19)20)6-10(5-8)16(21,22)23/h2-7,29H,1H3,(H,26,28). The Morgan fingerprint density at radius 1 is 1.07 bits per heavy atom. The molecule has 0 aliphatic carbocycles. The molecular formula is C16H11ClF6N4O2. The van der Waals surface area contributed by atoms with Crippen molar-refractivity contribution in [1.29, 1.82) is 0 Å². The van der Waals surface area contributed by atoms with Gasteiger partial charge in [-0.1, -0.05) is 16.8 Å². The van der Waals surface area contributed by atoms with Gasteiger partial charge in [-0.3, -0.25) is 9.78 Å². The van der Waals surface area contributed by atoms with Crippen LogP contribution in [-0.2, 0) is 12.4 Å². The van der Waals surface area contributed by atoms with E-state index in [1.54, 1.807) is 0 Å². The minimum Gasteiger partial charge on any atom is -0.410 e. The first-order chi connectivity index (χ1) is 13.3. The Balaban J connectivity index is 2.41. The van der Waals surface area contributed by atoms with Crippen LogP contribution in [0.2, 0.25) is 0 Å². The third-order valence-corrected chi connectivity index (χ3v) is 3.87. The van der Waals surface area contributed by atoms with Gasteiger partial charge in [-0.05, 0) is 25.1 Å². The Labute approximate surface area is 164 Å². The molecule has 0 saturated carbocycles. The Morgan fingerprint density at radius 2 is 1.59 bits per heavy atom. The van der Waals surface area contributed by atoms with Gasteiger partial charge in [-0.2, -0.15) is 26.3 Å². The van der Waals surface area contributed by atoms with Crippen LogP contribution in [0.25, 0.3) is 0 Å². The predicted molar refractivity (Wildman–Crippen MR) is 88.5 cm³/mol. The monoisotopic (exact) mass is 440 g/mol. The van der Waals surface area contributed by atoms with Crippen molar-refractivity contribution < 1.29 is 36.3 Å². The average molecular weight is 441 g/mol. The van der Waals surface area contributed by atoms with E-state index in [1.165, 1.54) is 19.3 Å². The summed E-state index contributed by atoms with van der Waals surface area (Å²) in [4.78, 5) is 20.0. The van der Waals surface area contributed by atoms with Crippen molar-refractivity contribution in [2.75, 3.05) is 0 Å². The fraction of sp³-hybridized carbons (Fsp3) is 0.250. The lowest BCUT2D eigenvalue weighted by molar-refractivity contribution is -0.143. The molecule has 2 rings (SSSR count). The van der Waals surface area contributed by atoms with E-state index in [1.807, 2.05) is 0 Å². The summed E-state index contributed by atoms with van der Waals surface area (Å²) >= 11 is 5.67. The molecule has 1 unspecified atom stereocenters. The number of amides is 1. The molecule has 0 bridgehead atoms. The van der Waals surface area contributed by atoms with Gasteiger partial charge in [-0.15, -0.1) is 0 Å². The maximum absolute atomic E-state index is 12.9. The van der Waals surface area contributed by atoms with Gasteiger partial charge in [0.05, 0.1) is 22.9 Å². The SMILES string of the molecule is CC(NC(=O)c1cc(C(F)(F)F)cc(C(F)(F)F)c1)c1nccnc1C(Cl)=NO. The molecule has 0 spiro atoms. The highest BCUT2D eigenvalue weighted by Gasteiger charge is 2.37. The van der Waals surface area contributed by atoms with Crippen molar-refractivity contribution in [3.8, 4) is 0 Å². The molecule has 29 heavy (non-hydrogen) atoms. The molecule has 0 aliphatic heterocycles. The second-order valence-corrected chi connectivity index (χ2v) is 6.03. The summed E-state index contributed by atoms with van der Waals surface area (Å²) in [6.07, 6.45) is -7.78. The first-order valence-electron chi connectivity index (χ1n) is 7.63. The fourth-order valence-electron chi connectivity index (χ4n) is 2.31. The van der Waals surface area contributed by atoms with Crippen molar-refractivity contribution in [3.05, 3.63) is 58.7 Å². The topological polar surface area (TPSA) is 87.5 Å². The lowest BCUT2D eigenvalue weighted by Crippen LogP contribution is -2.29. The molecule has 1 heterocycles. The third-order valence-electron chi connectivity index (χ3n) is 3.62. The van der Waals surface area contributed by atoms with Crippen LogP contribution in [0.5, 0.6) is 0 Å². The lowest BCUT2D eigenvalue weighted by atomic mass is 10.0. The molecule has 0 radical (unpaired) electrons. The molecule has 0 aliphatic rings. The second kappa shape index (κ2) is 8.23. The molecule has 0 fully saturated rings. The van der Waals surface area contributed by atoms with E-state index < -0.39 is 46.2 Å². The molecule has 1 aromatic carbocycles. The number of aromatic nitrogens is 2. The summed E-state index contributed by atoms with van der Waals surface area (Å²) < 4.78 is 77.6. The zero-order valence-corrected chi connectivity index (χ0v) is 15.1. The number of nitrogens with one attached hydrogen (secondary N) is 1. The molecule has 2 aromatic rings. The largest absolute Gasteiger partial charge is 0.416 e. The van der Waals surface area contributed by atoms with Crippen molar-refractivity contribution in [3.63, 3.8) is 0 Å². The summed E-state index contributed by atoms with van der Waals surface area (Å²) in [6.45, 7) is 1.34. The van der Waals surface area contributed by atoms with Gasteiger partial charge in [0.1, 0.15) is 5.69 Å². The van der Waals surface area contributed by atoms with E-state index >= 15 is 0 Å². The van der Waals surface area contributed by atoms with Crippen molar-refractivity contribution in [2.24, 2.45) is 5.16 Å². The minimum atomic E-state index is -5.09. The van der Waals surface area contributed by atoms with Crippen molar-refractivity contribution >= 4 is 22.7 Å². The predicted octanol–water partition coefficient (Wildman–Crippen LogP) is 4.38. The number of oxime groups is 1. The quantitative estimate of drug-likeness (QED) is 0.320. The number of hydrogen-bond acceptors (Lipinski definition) is 5. The number of carbonyl (C=O) groups is 1. The minimum absolute atomic E-state index is 0.0216. The first kappa shape index (κ1) is 22.4. The van der Waals surface area contributed by atoms with Gasteiger partial charge >= 0.3 is 12.4 Å². The number of rotatable bonds is 4. The van der Waals surface area contributed by atoms with E-state index in [9.17, 15) is 31.1 Å². The van der Waals surface area contributed by atoms with Crippen LogP contribution in [0.1, 0.15) is 45.8 Å². The zero-order chi connectivity index (χ0) is 22.0. The van der Waals surface area contributed by atoms with E-state index in [4.69, 9.17) is 16.8 Å². The number of alkyl halides is 6. The highest BCUT2D eigenvalue weighted by atomic mass is 35.5. The van der Waals surface area contributed by atoms with E-state index in [0.717, 1.165) is 0 Å². The molecule has 0 saturated heterocycles. The Morgan fingerprint density at radius 3 is 2.07 bits per heavy atom. The van der Waals surface area contributed by atoms with Gasteiger partial charge in [0.2, 0.25) is 0 Å². The van der Waals surface area contributed by atoms with Crippen molar-refractivity contribution in [1.82, 2.24) is 15.3 Å². The highest BCUT2D eigenvalue weighted by molar-refractivity contribution is 6.69. The Hall–Kier alpha value is -2.89. The van der Waals surface area contributed by atoms with Crippen LogP contribution in [0.3, 0.4) is 0 Å². The number of benzene rings is 1. The molecular weight excluding hydrogens is 430 g/mol. The zero-order valence-electron chi connectivity index (χ0n) is 14.3. The number of nitrogens with zero attached hydrogens (tertiary/aromatic N) is 3. The second-order valence-electron chi connectivity index (χ2n) is 5.67. The molecule has 2 N–H and O–H groups in total. The van der Waals surface area contributed by atoms with Gasteiger partial charge in [0.15, 0.2) is 5.17 Å². The molecule has 156 valence electrons. The van der Waals surface area contributed by atoms with Crippen LogP contribution in [0, 0.1) is 0 Å². The van der Waals surface area contributed by atoms with Crippen LogP contribution >= 0.6 is 11.6 Å². The van der Waals surface area contributed by atoms with E-state index in [2.05, 4.69) is 20.4 Å². The van der Waals surface area contributed by atoms with E-state index in [0.29, 0.717) is 12.1 Å². The fourth-order valence-corrected chi connectivity index (χ4v) is 2.45. The van der Waals surface area contributed by atoms with Crippen LogP contribution in [0.15, 0.2) is 35.7 Å². The number of carbonyl (C=O) groups excluding carboxylic acids is 1. The summed E-state index contributed by atoms with van der Waals surface area (Å²) in [5, 5.41) is 13.2. The smallest absolute Gasteiger partial charge is 0.410 e. The highest BCUT2D eigenvalue weighted by Crippen LogP contribution is 2.36. The average Bonchev–Trinajstić information content (AvgIpc) is 2.65. The summed E-state index contributed by atoms with van der Waals surface area (Å²) in [5.74, 6) is -1.22. The third kappa shape index (κ3) is 5.34. The molecule has 1 atom stereocenters. The lowest BCUT2D eigenvalue weighted by Gasteiger charge is -2.17. The van der Waals surface area contributed by atoms with Gasteiger partial charge < -0.3 is 10.5 Å². The van der Waals surface area contributed by atoms with Crippen LogP contribution in [0.4, 0.5) is 26.3 Å². The summed E-state index contributed by atoms with van der Waals surface area (Å²) in [5.41, 5.74) is -4.26. The Kier molecular flexibility index (Phi) is 6.36. The number of halogens is 7. The molecule has 13 heteroatoms. The van der Waals surface area contributed by atoms with Gasteiger partial charge in [-0.25, -0.2) is 4.98 Å². The van der Waals surface area contributed by atoms with E-state index in [-0.39, 0.29) is 17.5 Å². The first-order valence-corrected chi connectivity index (χ1v) is 8.01. The van der Waals surface area contributed by atoms with Crippen LogP contribution in [-0.4, -0.2) is 26.3 Å². The molecule has 6 nitrogen and oxygen atoms in total. The maximum atomic E-state index is 12.9. The van der Waals surface area contributed by atoms with Gasteiger partial charge in [0, 0.05) is 18.0 Å². The van der Waals surface area contributed by atoms with Crippen LogP contribution < -0.4 is 5.32 Å². The van der Waals surface area contributed by atoms with Crippen molar-refractivity contribution in [2.45, 2.75) is 25.3 Å².